The second-order valence-electron chi connectivity index (χ2n) is 3.54. The molecule has 90 valence electrons. The second-order valence-corrected chi connectivity index (χ2v) is 6.84. The maximum atomic E-state index is 13.0. The molecule has 1 aromatic carbocycles. The maximum Gasteiger partial charge on any atom is 0.240 e. The quantitative estimate of drug-likeness (QED) is 0.867. The van der Waals surface area contributed by atoms with E-state index < -0.39 is 15.8 Å². The molecule has 0 aliphatic rings. The summed E-state index contributed by atoms with van der Waals surface area (Å²) in [6.07, 6.45) is 0. The van der Waals surface area contributed by atoms with Crippen molar-refractivity contribution in [3.8, 4) is 0 Å². The van der Waals surface area contributed by atoms with Crippen LogP contribution in [0.25, 0.3) is 0 Å². The van der Waals surface area contributed by atoms with Crippen LogP contribution in [-0.4, -0.2) is 19.8 Å². The third-order valence-electron chi connectivity index (χ3n) is 1.99. The van der Waals surface area contributed by atoms with Gasteiger partial charge in [0.05, 0.1) is 4.90 Å². The molecular formula is C10H13BrFNO2S. The molecule has 0 aliphatic heterocycles. The van der Waals surface area contributed by atoms with Crippen LogP contribution >= 0.6 is 15.9 Å². The molecule has 0 heterocycles. The molecule has 1 aromatic rings. The Morgan fingerprint density at radius 3 is 2.69 bits per heavy atom. The predicted molar refractivity (Wildman–Crippen MR) is 64.7 cm³/mol. The Bertz CT molecular complexity index is 474. The lowest BCUT2D eigenvalue weighted by atomic mass is 10.2. The van der Waals surface area contributed by atoms with Crippen LogP contribution in [-0.2, 0) is 10.0 Å². The Morgan fingerprint density at radius 1 is 1.50 bits per heavy atom. The van der Waals surface area contributed by atoms with Crippen LogP contribution in [0, 0.1) is 12.7 Å². The highest BCUT2D eigenvalue weighted by Gasteiger charge is 2.17. The van der Waals surface area contributed by atoms with Gasteiger partial charge in [-0.05, 0) is 24.6 Å². The van der Waals surface area contributed by atoms with E-state index in [2.05, 4.69) is 20.7 Å². The molecule has 0 radical (unpaired) electrons. The zero-order valence-corrected chi connectivity index (χ0v) is 11.4. The van der Waals surface area contributed by atoms with Crippen molar-refractivity contribution in [1.29, 1.82) is 0 Å². The van der Waals surface area contributed by atoms with Crippen molar-refractivity contribution < 1.29 is 12.8 Å². The summed E-state index contributed by atoms with van der Waals surface area (Å²) in [5, 5.41) is 0. The predicted octanol–water partition coefficient (Wildman–Crippen LogP) is 2.20. The number of alkyl halides is 1. The van der Waals surface area contributed by atoms with E-state index in [1.165, 1.54) is 12.1 Å². The fourth-order valence-electron chi connectivity index (χ4n) is 1.17. The van der Waals surface area contributed by atoms with Gasteiger partial charge >= 0.3 is 0 Å². The van der Waals surface area contributed by atoms with Gasteiger partial charge in [-0.15, -0.1) is 0 Å². The van der Waals surface area contributed by atoms with Gasteiger partial charge in [-0.25, -0.2) is 17.5 Å². The fourth-order valence-corrected chi connectivity index (χ4v) is 2.93. The Labute approximate surface area is 103 Å². The monoisotopic (exact) mass is 309 g/mol. The van der Waals surface area contributed by atoms with E-state index in [-0.39, 0.29) is 16.3 Å². The molecule has 0 bridgehead atoms. The Balaban J connectivity index is 3.02. The lowest BCUT2D eigenvalue weighted by Crippen LogP contribution is -2.29. The number of benzene rings is 1. The summed E-state index contributed by atoms with van der Waals surface area (Å²) >= 11 is 3.23. The molecule has 0 amide bonds. The standard InChI is InChI=1S/C10H13BrFNO2S/c1-7-3-4-9(12)5-10(7)16(14,15)13-6-8(2)11/h3-5,8,13H,6H2,1-2H3. The molecule has 0 saturated carbocycles. The molecule has 0 aliphatic carbocycles. The third-order valence-corrected chi connectivity index (χ3v) is 3.88. The SMILES string of the molecule is Cc1ccc(F)cc1S(=O)(=O)NCC(C)Br. The highest BCUT2D eigenvalue weighted by Crippen LogP contribution is 2.16. The molecule has 16 heavy (non-hydrogen) atoms. The summed E-state index contributed by atoms with van der Waals surface area (Å²) in [5.41, 5.74) is 0.524. The van der Waals surface area contributed by atoms with Gasteiger partial charge in [-0.3, -0.25) is 0 Å². The van der Waals surface area contributed by atoms with E-state index in [0.717, 1.165) is 6.07 Å². The lowest BCUT2D eigenvalue weighted by molar-refractivity contribution is 0.577. The van der Waals surface area contributed by atoms with Gasteiger partial charge in [-0.2, -0.15) is 0 Å². The van der Waals surface area contributed by atoms with Gasteiger partial charge in [0.15, 0.2) is 0 Å². The zero-order chi connectivity index (χ0) is 12.3. The van der Waals surface area contributed by atoms with Crippen LogP contribution in [0.15, 0.2) is 23.1 Å². The Hall–Kier alpha value is -0.460. The van der Waals surface area contributed by atoms with E-state index in [1.54, 1.807) is 6.92 Å². The first-order valence-corrected chi connectivity index (χ1v) is 7.12. The van der Waals surface area contributed by atoms with E-state index in [0.29, 0.717) is 5.56 Å². The average molecular weight is 310 g/mol. The van der Waals surface area contributed by atoms with Crippen LogP contribution in [0.1, 0.15) is 12.5 Å². The van der Waals surface area contributed by atoms with Crippen molar-refractivity contribution in [1.82, 2.24) is 4.72 Å². The molecule has 0 spiro atoms. The van der Waals surface area contributed by atoms with Crippen LogP contribution < -0.4 is 4.72 Å². The summed E-state index contributed by atoms with van der Waals surface area (Å²) in [5.74, 6) is -0.558. The Morgan fingerprint density at radius 2 is 2.12 bits per heavy atom. The van der Waals surface area contributed by atoms with Crippen molar-refractivity contribution in [2.45, 2.75) is 23.6 Å². The molecular weight excluding hydrogens is 297 g/mol. The molecule has 1 unspecified atom stereocenters. The first-order valence-electron chi connectivity index (χ1n) is 4.73. The minimum absolute atomic E-state index is 0.0133. The summed E-state index contributed by atoms with van der Waals surface area (Å²) in [4.78, 5) is 0.0109. The van der Waals surface area contributed by atoms with Gasteiger partial charge in [-0.1, -0.05) is 28.9 Å². The topological polar surface area (TPSA) is 46.2 Å². The molecule has 0 fully saturated rings. The molecule has 1 rings (SSSR count). The van der Waals surface area contributed by atoms with Crippen LogP contribution in [0.5, 0.6) is 0 Å². The van der Waals surface area contributed by atoms with Crippen molar-refractivity contribution in [2.24, 2.45) is 0 Å². The summed E-state index contributed by atoms with van der Waals surface area (Å²) < 4.78 is 39.0. The molecule has 0 saturated heterocycles. The van der Waals surface area contributed by atoms with Crippen LogP contribution in [0.3, 0.4) is 0 Å². The van der Waals surface area contributed by atoms with Gasteiger partial charge < -0.3 is 0 Å². The van der Waals surface area contributed by atoms with Gasteiger partial charge in [0, 0.05) is 11.4 Å². The van der Waals surface area contributed by atoms with E-state index in [9.17, 15) is 12.8 Å². The second kappa shape index (κ2) is 5.25. The molecule has 1 N–H and O–H groups in total. The smallest absolute Gasteiger partial charge is 0.210 e. The number of rotatable bonds is 4. The van der Waals surface area contributed by atoms with Gasteiger partial charge in [0.25, 0.3) is 0 Å². The van der Waals surface area contributed by atoms with Crippen molar-refractivity contribution in [3.63, 3.8) is 0 Å². The van der Waals surface area contributed by atoms with E-state index in [4.69, 9.17) is 0 Å². The highest BCUT2D eigenvalue weighted by molar-refractivity contribution is 9.09. The van der Waals surface area contributed by atoms with E-state index in [1.807, 2.05) is 6.92 Å². The van der Waals surface area contributed by atoms with Crippen molar-refractivity contribution in [2.75, 3.05) is 6.54 Å². The first-order chi connectivity index (χ1) is 7.33. The maximum absolute atomic E-state index is 13.0. The average Bonchev–Trinajstić information content (AvgIpc) is 2.19. The van der Waals surface area contributed by atoms with Crippen molar-refractivity contribution in [3.05, 3.63) is 29.6 Å². The minimum Gasteiger partial charge on any atom is -0.210 e. The van der Waals surface area contributed by atoms with Crippen molar-refractivity contribution >= 4 is 26.0 Å². The largest absolute Gasteiger partial charge is 0.240 e. The third kappa shape index (κ3) is 3.54. The van der Waals surface area contributed by atoms with Gasteiger partial charge in [0.2, 0.25) is 10.0 Å². The van der Waals surface area contributed by atoms with Crippen LogP contribution in [0.4, 0.5) is 4.39 Å². The minimum atomic E-state index is -3.63. The summed E-state index contributed by atoms with van der Waals surface area (Å²) in [6, 6.07) is 3.71. The normalized spacial score (nSPS) is 13.8. The number of aryl methyl sites for hydroxylation is 1. The van der Waals surface area contributed by atoms with Crippen LogP contribution in [0.2, 0.25) is 0 Å². The van der Waals surface area contributed by atoms with E-state index >= 15 is 0 Å². The molecule has 6 heteroatoms. The highest BCUT2D eigenvalue weighted by atomic mass is 79.9. The lowest BCUT2D eigenvalue weighted by Gasteiger charge is -2.10. The molecule has 3 nitrogen and oxygen atoms in total. The zero-order valence-electron chi connectivity index (χ0n) is 9.00. The number of halogens is 2. The first kappa shape index (κ1) is 13.6. The molecule has 1 atom stereocenters. The van der Waals surface area contributed by atoms with Gasteiger partial charge in [0.1, 0.15) is 5.82 Å². The fraction of sp³-hybridized carbons (Fsp3) is 0.400. The summed E-state index contributed by atoms with van der Waals surface area (Å²) in [6.45, 7) is 3.71. The number of sulfonamides is 1. The Kier molecular flexibility index (Phi) is 4.46. The summed E-state index contributed by atoms with van der Waals surface area (Å²) in [7, 11) is -3.63. The number of nitrogens with one attached hydrogen (secondary N) is 1. The number of hydrogen-bond acceptors (Lipinski definition) is 2. The number of hydrogen-bond donors (Lipinski definition) is 1. The molecule has 0 aromatic heterocycles.